The van der Waals surface area contributed by atoms with Gasteiger partial charge in [0.05, 0.1) is 12.7 Å². The van der Waals surface area contributed by atoms with Crippen LogP contribution in [0.15, 0.2) is 53.5 Å². The summed E-state index contributed by atoms with van der Waals surface area (Å²) in [5, 5.41) is 0.540. The number of carbonyl (C=O) groups excluding carboxylic acids is 1. The quantitative estimate of drug-likeness (QED) is 0.752. The largest absolute Gasteiger partial charge is 0.497 e. The number of benzene rings is 2. The van der Waals surface area contributed by atoms with Crippen molar-refractivity contribution in [2.45, 2.75) is 13.3 Å². The van der Waals surface area contributed by atoms with E-state index in [9.17, 15) is 9.59 Å². The summed E-state index contributed by atoms with van der Waals surface area (Å²) in [5.74, 6) is 0.273. The van der Waals surface area contributed by atoms with Crippen LogP contribution < -0.4 is 10.2 Å². The van der Waals surface area contributed by atoms with Crippen LogP contribution in [0.4, 0.5) is 0 Å². The van der Waals surface area contributed by atoms with Crippen LogP contribution in [0.1, 0.15) is 28.4 Å². The molecule has 116 valence electrons. The minimum Gasteiger partial charge on any atom is -0.497 e. The number of carbonyl (C=O) groups is 1. The van der Waals surface area contributed by atoms with E-state index in [1.807, 2.05) is 25.1 Å². The molecule has 0 saturated carbocycles. The topological polar surface area (TPSA) is 59.2 Å². The third-order valence-electron chi connectivity index (χ3n) is 3.93. The zero-order chi connectivity index (χ0) is 16.4. The minimum absolute atomic E-state index is 0.138. The molecule has 0 fully saturated rings. The Morgan fingerprint density at radius 3 is 2.74 bits per heavy atom. The normalized spacial score (nSPS) is 10.7. The standard InChI is InChI=1S/C19H17NO3/c1-3-12-7-8-17-15(9-12)19(22)16(11-20-17)18(21)13-5-4-6-14(10-13)23-2/h4-11H,3H2,1-2H3,(H,20,22). The van der Waals surface area contributed by atoms with Crippen LogP contribution in [0.25, 0.3) is 10.9 Å². The molecule has 23 heavy (non-hydrogen) atoms. The molecule has 0 saturated heterocycles. The summed E-state index contributed by atoms with van der Waals surface area (Å²) in [6.07, 6.45) is 2.32. The lowest BCUT2D eigenvalue weighted by atomic mass is 10.0. The average molecular weight is 307 g/mol. The Kier molecular flexibility index (Phi) is 3.98. The molecule has 0 radical (unpaired) electrons. The zero-order valence-electron chi connectivity index (χ0n) is 13.1. The fourth-order valence-electron chi connectivity index (χ4n) is 2.57. The second-order valence-corrected chi connectivity index (χ2v) is 5.33. The highest BCUT2D eigenvalue weighted by Crippen LogP contribution is 2.17. The highest BCUT2D eigenvalue weighted by Gasteiger charge is 2.15. The smallest absolute Gasteiger partial charge is 0.200 e. The molecule has 4 nitrogen and oxygen atoms in total. The Morgan fingerprint density at radius 1 is 1.17 bits per heavy atom. The third-order valence-corrected chi connectivity index (χ3v) is 3.93. The van der Waals surface area contributed by atoms with Crippen LogP contribution in [0.5, 0.6) is 5.75 Å². The molecule has 2 aromatic carbocycles. The number of H-pyrrole nitrogens is 1. The lowest BCUT2D eigenvalue weighted by Crippen LogP contribution is -2.17. The molecule has 0 unspecified atom stereocenters. The van der Waals surface area contributed by atoms with Gasteiger partial charge >= 0.3 is 0 Å². The summed E-state index contributed by atoms with van der Waals surface area (Å²) in [7, 11) is 1.54. The molecule has 3 rings (SSSR count). The van der Waals surface area contributed by atoms with Crippen LogP contribution in [-0.2, 0) is 6.42 Å². The molecule has 4 heteroatoms. The molecule has 0 aliphatic carbocycles. The van der Waals surface area contributed by atoms with Crippen molar-refractivity contribution in [3.63, 3.8) is 0 Å². The highest BCUT2D eigenvalue weighted by atomic mass is 16.5. The van der Waals surface area contributed by atoms with Crippen molar-refractivity contribution in [2.24, 2.45) is 0 Å². The fourth-order valence-corrected chi connectivity index (χ4v) is 2.57. The van der Waals surface area contributed by atoms with E-state index in [1.54, 1.807) is 31.4 Å². The summed E-state index contributed by atoms with van der Waals surface area (Å²) >= 11 is 0. The number of ether oxygens (including phenoxy) is 1. The van der Waals surface area contributed by atoms with Gasteiger partial charge in [0.2, 0.25) is 5.43 Å². The van der Waals surface area contributed by atoms with Gasteiger partial charge in [0, 0.05) is 22.7 Å². The molecule has 1 heterocycles. The van der Waals surface area contributed by atoms with E-state index in [0.29, 0.717) is 16.7 Å². The first kappa shape index (κ1) is 15.0. The van der Waals surface area contributed by atoms with Gasteiger partial charge in [0.25, 0.3) is 0 Å². The Hall–Kier alpha value is -2.88. The van der Waals surface area contributed by atoms with E-state index < -0.39 is 0 Å². The first-order chi connectivity index (χ1) is 11.1. The third kappa shape index (κ3) is 2.75. The maximum atomic E-state index is 12.7. The summed E-state index contributed by atoms with van der Waals surface area (Å²) in [6, 6.07) is 12.5. The van der Waals surface area contributed by atoms with E-state index in [-0.39, 0.29) is 16.8 Å². The Labute approximate surface area is 133 Å². The summed E-state index contributed by atoms with van der Waals surface area (Å²) in [5.41, 5.74) is 2.12. The average Bonchev–Trinajstić information content (AvgIpc) is 2.61. The van der Waals surface area contributed by atoms with Gasteiger partial charge in [-0.2, -0.15) is 0 Å². The first-order valence-electron chi connectivity index (χ1n) is 7.47. The van der Waals surface area contributed by atoms with Crippen LogP contribution in [0.2, 0.25) is 0 Å². The van der Waals surface area contributed by atoms with Crippen molar-refractivity contribution in [1.82, 2.24) is 4.98 Å². The Bertz CT molecular complexity index is 941. The number of nitrogens with one attached hydrogen (secondary N) is 1. The first-order valence-corrected chi connectivity index (χ1v) is 7.47. The molecule has 0 spiro atoms. The van der Waals surface area contributed by atoms with E-state index >= 15 is 0 Å². The van der Waals surface area contributed by atoms with Gasteiger partial charge in [-0.25, -0.2) is 0 Å². The molecule has 0 atom stereocenters. The molecular formula is C19H17NO3. The van der Waals surface area contributed by atoms with Gasteiger partial charge < -0.3 is 9.72 Å². The van der Waals surface area contributed by atoms with E-state index in [1.165, 1.54) is 6.20 Å². The number of hydrogen-bond donors (Lipinski definition) is 1. The number of methoxy groups -OCH3 is 1. The fraction of sp³-hybridized carbons (Fsp3) is 0.158. The predicted molar refractivity (Wildman–Crippen MR) is 90.4 cm³/mol. The van der Waals surface area contributed by atoms with Crippen LogP contribution in [0.3, 0.4) is 0 Å². The second kappa shape index (κ2) is 6.08. The van der Waals surface area contributed by atoms with E-state index in [4.69, 9.17) is 4.74 Å². The van der Waals surface area contributed by atoms with Gasteiger partial charge in [0.15, 0.2) is 5.78 Å². The molecule has 1 aromatic heterocycles. The van der Waals surface area contributed by atoms with Crippen molar-refractivity contribution in [3.05, 3.63) is 75.6 Å². The number of aryl methyl sites for hydroxylation is 1. The summed E-state index contributed by atoms with van der Waals surface area (Å²) < 4.78 is 5.13. The van der Waals surface area contributed by atoms with Crippen LogP contribution in [0, 0.1) is 0 Å². The Morgan fingerprint density at radius 2 is 2.00 bits per heavy atom. The number of aromatic nitrogens is 1. The lowest BCUT2D eigenvalue weighted by Gasteiger charge is -2.06. The van der Waals surface area contributed by atoms with Crippen molar-refractivity contribution < 1.29 is 9.53 Å². The minimum atomic E-state index is -0.311. The van der Waals surface area contributed by atoms with Crippen molar-refractivity contribution in [3.8, 4) is 5.75 Å². The van der Waals surface area contributed by atoms with Crippen molar-refractivity contribution >= 4 is 16.7 Å². The maximum Gasteiger partial charge on any atom is 0.200 e. The summed E-state index contributed by atoms with van der Waals surface area (Å²) in [4.78, 5) is 28.4. The molecule has 0 bridgehead atoms. The SMILES string of the molecule is CCc1ccc2[nH]cc(C(=O)c3cccc(OC)c3)c(=O)c2c1. The van der Waals surface area contributed by atoms with Gasteiger partial charge in [-0.3, -0.25) is 9.59 Å². The van der Waals surface area contributed by atoms with E-state index in [0.717, 1.165) is 17.5 Å². The molecule has 3 aromatic rings. The van der Waals surface area contributed by atoms with Crippen molar-refractivity contribution in [1.29, 1.82) is 0 Å². The number of aromatic amines is 1. The second-order valence-electron chi connectivity index (χ2n) is 5.33. The molecular weight excluding hydrogens is 290 g/mol. The zero-order valence-corrected chi connectivity index (χ0v) is 13.1. The monoisotopic (exact) mass is 307 g/mol. The van der Waals surface area contributed by atoms with Crippen molar-refractivity contribution in [2.75, 3.05) is 7.11 Å². The van der Waals surface area contributed by atoms with Gasteiger partial charge in [-0.05, 0) is 36.2 Å². The number of fused-ring (bicyclic) bond motifs is 1. The molecule has 0 amide bonds. The van der Waals surface area contributed by atoms with Crippen LogP contribution >= 0.6 is 0 Å². The van der Waals surface area contributed by atoms with Crippen LogP contribution in [-0.4, -0.2) is 17.9 Å². The van der Waals surface area contributed by atoms with Gasteiger partial charge in [0.1, 0.15) is 5.75 Å². The molecule has 1 N–H and O–H groups in total. The number of rotatable bonds is 4. The summed E-state index contributed by atoms with van der Waals surface area (Å²) in [6.45, 7) is 2.03. The molecule has 0 aliphatic rings. The number of hydrogen-bond acceptors (Lipinski definition) is 3. The van der Waals surface area contributed by atoms with E-state index in [2.05, 4.69) is 4.98 Å². The predicted octanol–water partition coefficient (Wildman–Crippen LogP) is 3.33. The highest BCUT2D eigenvalue weighted by molar-refractivity contribution is 6.10. The van der Waals surface area contributed by atoms with Gasteiger partial charge in [-0.1, -0.05) is 25.1 Å². The molecule has 0 aliphatic heterocycles. The number of ketones is 1. The maximum absolute atomic E-state index is 12.7. The number of pyridine rings is 1. The lowest BCUT2D eigenvalue weighted by molar-refractivity contribution is 0.103. The Balaban J connectivity index is 2.13. The van der Waals surface area contributed by atoms with Gasteiger partial charge in [-0.15, -0.1) is 0 Å².